The molecule has 0 aliphatic carbocycles. The third-order valence-electron chi connectivity index (χ3n) is 8.68. The molecule has 0 radical (unpaired) electrons. The van der Waals surface area contributed by atoms with Crippen LogP contribution in [0.5, 0.6) is 0 Å². The Labute approximate surface area is 249 Å². The van der Waals surface area contributed by atoms with Gasteiger partial charge in [0.25, 0.3) is 5.91 Å². The molecule has 212 valence electrons. The lowest BCUT2D eigenvalue weighted by molar-refractivity contribution is -0.0240. The van der Waals surface area contributed by atoms with Gasteiger partial charge in [0.2, 0.25) is 5.82 Å². The van der Waals surface area contributed by atoms with Crippen molar-refractivity contribution in [1.82, 2.24) is 24.8 Å². The number of nitrogens with two attached hydrogens (primary N) is 1. The molecule has 2 N–H and O–H groups in total. The summed E-state index contributed by atoms with van der Waals surface area (Å²) in [6.45, 7) is 5.01. The first-order valence-electron chi connectivity index (χ1n) is 14.4. The van der Waals surface area contributed by atoms with Gasteiger partial charge in [-0.25, -0.2) is 19.9 Å². The second kappa shape index (κ2) is 10.9. The van der Waals surface area contributed by atoms with Crippen LogP contribution in [0.25, 0.3) is 33.3 Å². The van der Waals surface area contributed by atoms with Gasteiger partial charge in [-0.2, -0.15) is 5.26 Å². The smallest absolute Gasteiger partial charge is 0.267 e. The molecule has 0 unspecified atom stereocenters. The van der Waals surface area contributed by atoms with E-state index in [1.54, 1.807) is 18.5 Å². The van der Waals surface area contributed by atoms with E-state index in [4.69, 9.17) is 16.0 Å². The molecule has 1 spiro atoms. The van der Waals surface area contributed by atoms with E-state index in [0.717, 1.165) is 79.2 Å². The molecule has 2 aliphatic rings. The van der Waals surface area contributed by atoms with Gasteiger partial charge in [0.15, 0.2) is 0 Å². The van der Waals surface area contributed by atoms with Gasteiger partial charge in [-0.15, -0.1) is 0 Å². The predicted molar refractivity (Wildman–Crippen MR) is 165 cm³/mol. The summed E-state index contributed by atoms with van der Waals surface area (Å²) < 4.78 is 0. The number of aromatic nitrogens is 4. The summed E-state index contributed by atoms with van der Waals surface area (Å²) in [6, 6.07) is 26.5. The fourth-order valence-corrected chi connectivity index (χ4v) is 6.42. The predicted octanol–water partition coefficient (Wildman–Crippen LogP) is 4.83. The number of hydrogen-bond donors (Lipinski definition) is 1. The molecule has 9 heteroatoms. The van der Waals surface area contributed by atoms with Gasteiger partial charge in [0.05, 0.1) is 17.4 Å². The highest BCUT2D eigenvalue weighted by molar-refractivity contribution is 5.97. The normalized spacial score (nSPS) is 16.1. The van der Waals surface area contributed by atoms with Crippen molar-refractivity contribution in [3.8, 4) is 28.5 Å². The highest BCUT2D eigenvalue weighted by Gasteiger charge is 2.44. The van der Waals surface area contributed by atoms with E-state index in [9.17, 15) is 4.79 Å². The molecule has 2 aliphatic heterocycles. The molecular formula is C34H30N8O. The van der Waals surface area contributed by atoms with E-state index in [1.165, 1.54) is 5.56 Å². The number of rotatable bonds is 6. The lowest BCUT2D eigenvalue weighted by atomic mass is 9.72. The third-order valence-corrected chi connectivity index (χ3v) is 8.68. The number of carbonyl (C=O) groups is 1. The van der Waals surface area contributed by atoms with Crippen LogP contribution in [0, 0.1) is 16.7 Å². The van der Waals surface area contributed by atoms with Gasteiger partial charge in [-0.05, 0) is 47.6 Å². The van der Waals surface area contributed by atoms with Crippen molar-refractivity contribution >= 4 is 22.6 Å². The van der Waals surface area contributed by atoms with E-state index < -0.39 is 5.91 Å². The Bertz CT molecular complexity index is 1850. The summed E-state index contributed by atoms with van der Waals surface area (Å²) >= 11 is 0. The Hall–Kier alpha value is -5.20. The molecule has 2 aromatic carbocycles. The minimum atomic E-state index is -0.557. The lowest BCUT2D eigenvalue weighted by Crippen LogP contribution is -2.59. The van der Waals surface area contributed by atoms with Crippen molar-refractivity contribution < 1.29 is 4.79 Å². The standard InChI is InChI=1S/C34H30N8O/c35-18-30-37-13-10-31(40-30)42-14-11-34(12-15-42)21-41(22-34)20-23-6-8-25(9-7-23)32-27(24-4-2-1-3-5-24)16-26-17-28(33(36)43)38-19-29(26)39-32/h1-10,13,16-17,19H,11-12,14-15,20-22H2,(H2,36,43). The maximum Gasteiger partial charge on any atom is 0.267 e. The van der Waals surface area contributed by atoms with Gasteiger partial charge >= 0.3 is 0 Å². The molecule has 0 saturated carbocycles. The summed E-state index contributed by atoms with van der Waals surface area (Å²) in [7, 11) is 0. The molecule has 2 fully saturated rings. The van der Waals surface area contributed by atoms with E-state index in [2.05, 4.69) is 67.2 Å². The Balaban J connectivity index is 1.05. The second-order valence-corrected chi connectivity index (χ2v) is 11.6. The van der Waals surface area contributed by atoms with Gasteiger partial charge in [-0.3, -0.25) is 9.69 Å². The quantitative estimate of drug-likeness (QED) is 0.310. The van der Waals surface area contributed by atoms with Crippen LogP contribution >= 0.6 is 0 Å². The maximum atomic E-state index is 11.7. The number of anilines is 1. The number of primary amides is 1. The van der Waals surface area contributed by atoms with Crippen LogP contribution in [0.3, 0.4) is 0 Å². The highest BCUT2D eigenvalue weighted by atomic mass is 16.1. The summed E-state index contributed by atoms with van der Waals surface area (Å²) in [4.78, 5) is 34.1. The molecular weight excluding hydrogens is 536 g/mol. The zero-order chi connectivity index (χ0) is 29.4. The first-order chi connectivity index (χ1) is 21.0. The number of hydrogen-bond acceptors (Lipinski definition) is 8. The summed E-state index contributed by atoms with van der Waals surface area (Å²) in [6.07, 6.45) is 5.53. The van der Waals surface area contributed by atoms with Crippen LogP contribution in [-0.4, -0.2) is 56.9 Å². The number of pyridine rings is 2. The van der Waals surface area contributed by atoms with Crippen molar-refractivity contribution in [2.45, 2.75) is 19.4 Å². The van der Waals surface area contributed by atoms with Crippen molar-refractivity contribution in [2.75, 3.05) is 31.1 Å². The fraction of sp³-hybridized carbons (Fsp3) is 0.235. The van der Waals surface area contributed by atoms with Crippen LogP contribution in [0.2, 0.25) is 0 Å². The highest BCUT2D eigenvalue weighted by Crippen LogP contribution is 2.42. The second-order valence-electron chi connectivity index (χ2n) is 11.6. The number of piperidine rings is 1. The van der Waals surface area contributed by atoms with Crippen LogP contribution < -0.4 is 10.6 Å². The van der Waals surface area contributed by atoms with Crippen LogP contribution in [0.4, 0.5) is 5.82 Å². The molecule has 0 atom stereocenters. The molecule has 43 heavy (non-hydrogen) atoms. The number of benzene rings is 2. The average molecular weight is 567 g/mol. The number of carbonyl (C=O) groups excluding carboxylic acids is 1. The monoisotopic (exact) mass is 566 g/mol. The number of fused-ring (bicyclic) bond motifs is 1. The van der Waals surface area contributed by atoms with E-state index in [1.807, 2.05) is 30.3 Å². The van der Waals surface area contributed by atoms with Gasteiger partial charge in [0.1, 0.15) is 17.6 Å². The van der Waals surface area contributed by atoms with Crippen LogP contribution in [-0.2, 0) is 6.54 Å². The first kappa shape index (κ1) is 26.7. The van der Waals surface area contributed by atoms with Gasteiger partial charge in [-0.1, -0.05) is 54.6 Å². The SMILES string of the molecule is N#Cc1nccc(N2CCC3(CC2)CN(Cc2ccc(-c4nc5cnc(C(N)=O)cc5cc4-c4ccccc4)cc2)C3)n1. The van der Waals surface area contributed by atoms with Crippen molar-refractivity contribution in [2.24, 2.45) is 11.1 Å². The Morgan fingerprint density at radius 3 is 2.42 bits per heavy atom. The van der Waals surface area contributed by atoms with Gasteiger partial charge in [0, 0.05) is 55.4 Å². The minimum absolute atomic E-state index is 0.224. The van der Waals surface area contributed by atoms with Gasteiger partial charge < -0.3 is 10.6 Å². The molecule has 0 bridgehead atoms. The zero-order valence-corrected chi connectivity index (χ0v) is 23.6. The van der Waals surface area contributed by atoms with E-state index in [0.29, 0.717) is 10.9 Å². The van der Waals surface area contributed by atoms with Crippen LogP contribution in [0.1, 0.15) is 34.7 Å². The first-order valence-corrected chi connectivity index (χ1v) is 14.4. The average Bonchev–Trinajstić information content (AvgIpc) is 3.04. The van der Waals surface area contributed by atoms with E-state index >= 15 is 0 Å². The van der Waals surface area contributed by atoms with Crippen molar-refractivity contribution in [3.63, 3.8) is 0 Å². The molecule has 7 rings (SSSR count). The summed E-state index contributed by atoms with van der Waals surface area (Å²) in [5.41, 5.74) is 12.0. The minimum Gasteiger partial charge on any atom is -0.364 e. The summed E-state index contributed by atoms with van der Waals surface area (Å²) in [5, 5.41) is 9.94. The van der Waals surface area contributed by atoms with Crippen molar-refractivity contribution in [1.29, 1.82) is 5.26 Å². The maximum absolute atomic E-state index is 11.7. The topological polar surface area (TPSA) is 125 Å². The van der Waals surface area contributed by atoms with E-state index in [-0.39, 0.29) is 11.5 Å². The van der Waals surface area contributed by atoms with Crippen molar-refractivity contribution in [3.05, 3.63) is 102 Å². The number of nitrogens with zero attached hydrogens (tertiary/aromatic N) is 7. The molecule has 3 aromatic heterocycles. The molecule has 2 saturated heterocycles. The lowest BCUT2D eigenvalue weighted by Gasteiger charge is -2.54. The Kier molecular flexibility index (Phi) is 6.76. The Morgan fingerprint density at radius 1 is 0.930 bits per heavy atom. The Morgan fingerprint density at radius 2 is 1.70 bits per heavy atom. The summed E-state index contributed by atoms with van der Waals surface area (Å²) in [5.74, 6) is 0.515. The third kappa shape index (κ3) is 5.29. The van der Waals surface area contributed by atoms with Crippen LogP contribution in [0.15, 0.2) is 85.2 Å². The number of amides is 1. The largest absolute Gasteiger partial charge is 0.364 e. The number of nitriles is 1. The molecule has 5 heterocycles. The molecule has 1 amide bonds. The number of likely N-dealkylation sites (tertiary alicyclic amines) is 1. The molecule has 5 aromatic rings. The zero-order valence-electron chi connectivity index (χ0n) is 23.6. The fourth-order valence-electron chi connectivity index (χ4n) is 6.42. The molecule has 9 nitrogen and oxygen atoms in total.